The number of hydrogen-bond acceptors (Lipinski definition) is 11. The molecule has 0 aromatic rings. The molecule has 63 heavy (non-hydrogen) atoms. The molecule has 1 aliphatic heterocycles. The van der Waals surface area contributed by atoms with Crippen LogP contribution in [0.4, 0.5) is 0 Å². The molecule has 4 N–H and O–H groups in total. The fourth-order valence-corrected chi connectivity index (χ4v) is 7.70. The van der Waals surface area contributed by atoms with Crippen molar-refractivity contribution >= 4 is 16.4 Å². The van der Waals surface area contributed by atoms with Crippen molar-refractivity contribution in [2.24, 2.45) is 0 Å². The van der Waals surface area contributed by atoms with Gasteiger partial charge in [0, 0.05) is 13.0 Å². The Morgan fingerprint density at radius 3 is 1.62 bits per heavy atom. The standard InChI is InChI=1S/C50H88O12S/c1-3-5-7-9-11-13-15-17-19-20-21-22-23-24-25-27-29-31-33-35-37-39-46(52)60-44(43-59-50-48(54)49(62-63(55,56)57)47(53)45(41-51)61-50)42-58-40-38-36-34-32-30-28-26-18-16-14-12-10-8-6-4-2/h5,7,11,13,16-19,21-22,44-45,47-51,53-54H,3-4,6,8-10,12,14-15,20,23-43H2,1-2H3,(H,55,56,57)/b7-5-,13-11-,18-16-,19-17-,22-21-. The monoisotopic (exact) mass is 913 g/mol. The normalized spacial score (nSPS) is 20.4. The van der Waals surface area contributed by atoms with Crippen molar-refractivity contribution in [1.29, 1.82) is 0 Å². The molecule has 1 aliphatic rings. The fourth-order valence-electron chi connectivity index (χ4n) is 7.19. The van der Waals surface area contributed by atoms with Crippen LogP contribution < -0.4 is 0 Å². The number of carbonyl (C=O) groups is 1. The number of allylic oxidation sites excluding steroid dienone is 10. The van der Waals surface area contributed by atoms with Gasteiger partial charge >= 0.3 is 16.4 Å². The molecular weight excluding hydrogens is 825 g/mol. The number of aliphatic hydroxyl groups excluding tert-OH is 3. The van der Waals surface area contributed by atoms with Crippen molar-refractivity contribution in [2.45, 2.75) is 224 Å². The lowest BCUT2D eigenvalue weighted by Gasteiger charge is -2.41. The molecule has 0 spiro atoms. The lowest BCUT2D eigenvalue weighted by atomic mass is 9.99. The third-order valence-electron chi connectivity index (χ3n) is 10.9. The fraction of sp³-hybridized carbons (Fsp3) is 0.780. The lowest BCUT2D eigenvalue weighted by Crippen LogP contribution is -2.60. The molecular formula is C50H88O12S. The predicted molar refractivity (Wildman–Crippen MR) is 253 cm³/mol. The van der Waals surface area contributed by atoms with E-state index in [1.807, 2.05) is 0 Å². The van der Waals surface area contributed by atoms with Crippen molar-refractivity contribution in [3.8, 4) is 0 Å². The third kappa shape index (κ3) is 34.8. The second-order valence-corrected chi connectivity index (χ2v) is 17.7. The first kappa shape index (κ1) is 58.8. The van der Waals surface area contributed by atoms with Crippen LogP contribution in [-0.4, -0.2) is 97.5 Å². The Hall–Kier alpha value is -2.20. The van der Waals surface area contributed by atoms with Crippen LogP contribution in [0.1, 0.15) is 187 Å². The maximum absolute atomic E-state index is 12.9. The van der Waals surface area contributed by atoms with Crippen LogP contribution in [0.2, 0.25) is 0 Å². The zero-order chi connectivity index (χ0) is 46.1. The summed E-state index contributed by atoms with van der Waals surface area (Å²) >= 11 is 0. The van der Waals surface area contributed by atoms with Crippen LogP contribution >= 0.6 is 0 Å². The molecule has 6 atom stereocenters. The van der Waals surface area contributed by atoms with E-state index >= 15 is 0 Å². The van der Waals surface area contributed by atoms with E-state index in [1.165, 1.54) is 83.5 Å². The van der Waals surface area contributed by atoms with Crippen molar-refractivity contribution < 1.29 is 56.2 Å². The number of ether oxygens (including phenoxy) is 4. The average Bonchev–Trinajstić information content (AvgIpc) is 3.26. The van der Waals surface area contributed by atoms with E-state index in [4.69, 9.17) is 18.9 Å². The van der Waals surface area contributed by atoms with Gasteiger partial charge in [0.15, 0.2) is 6.29 Å². The van der Waals surface area contributed by atoms with Gasteiger partial charge in [0.1, 0.15) is 30.5 Å². The van der Waals surface area contributed by atoms with E-state index in [2.05, 4.69) is 78.8 Å². The highest BCUT2D eigenvalue weighted by Gasteiger charge is 2.48. The van der Waals surface area contributed by atoms with Gasteiger partial charge in [-0.15, -0.1) is 0 Å². The maximum atomic E-state index is 12.9. The van der Waals surface area contributed by atoms with Gasteiger partial charge in [-0.25, -0.2) is 4.18 Å². The van der Waals surface area contributed by atoms with Crippen LogP contribution in [0.5, 0.6) is 0 Å². The molecule has 0 amide bonds. The molecule has 13 heteroatoms. The van der Waals surface area contributed by atoms with E-state index in [-0.39, 0.29) is 19.6 Å². The molecule has 366 valence electrons. The maximum Gasteiger partial charge on any atom is 0.397 e. The number of aliphatic hydroxyl groups is 3. The smallest absolute Gasteiger partial charge is 0.397 e. The van der Waals surface area contributed by atoms with Crippen molar-refractivity contribution in [1.82, 2.24) is 0 Å². The van der Waals surface area contributed by atoms with E-state index in [1.54, 1.807) is 0 Å². The summed E-state index contributed by atoms with van der Waals surface area (Å²) in [6, 6.07) is 0. The molecule has 1 heterocycles. The molecule has 1 saturated heterocycles. The Labute approximate surface area is 382 Å². The Balaban J connectivity index is 2.39. The second kappa shape index (κ2) is 41.2. The molecule has 1 rings (SSSR count). The van der Waals surface area contributed by atoms with Gasteiger partial charge in [-0.2, -0.15) is 8.42 Å². The highest BCUT2D eigenvalue weighted by atomic mass is 32.3. The van der Waals surface area contributed by atoms with Gasteiger partial charge in [-0.05, 0) is 77.0 Å². The zero-order valence-corrected chi connectivity index (χ0v) is 39.9. The SMILES string of the molecule is CC/C=C\C/C=C\C/C=C\C/C=C\CCCCCCCCCCC(=O)OC(COCCCCCCCC/C=C\CCCCCCC)COC1OC(CO)C(O)C(OS(=O)(=O)O)C1O. The largest absolute Gasteiger partial charge is 0.457 e. The van der Waals surface area contributed by atoms with Crippen LogP contribution in [0.15, 0.2) is 60.8 Å². The predicted octanol–water partition coefficient (Wildman–Crippen LogP) is 10.9. The number of hydrogen-bond donors (Lipinski definition) is 4. The van der Waals surface area contributed by atoms with E-state index in [9.17, 15) is 33.1 Å². The van der Waals surface area contributed by atoms with E-state index in [0.29, 0.717) is 13.0 Å². The first-order valence-corrected chi connectivity index (χ1v) is 25.9. The third-order valence-corrected chi connectivity index (χ3v) is 11.3. The Morgan fingerprint density at radius 1 is 0.619 bits per heavy atom. The van der Waals surface area contributed by atoms with Gasteiger partial charge in [-0.3, -0.25) is 9.35 Å². The molecule has 0 aromatic heterocycles. The second-order valence-electron chi connectivity index (χ2n) is 16.7. The van der Waals surface area contributed by atoms with Crippen LogP contribution in [-0.2, 0) is 38.3 Å². The number of esters is 1. The van der Waals surface area contributed by atoms with Crippen molar-refractivity contribution in [3.63, 3.8) is 0 Å². The molecule has 1 fully saturated rings. The minimum atomic E-state index is -5.07. The van der Waals surface area contributed by atoms with Crippen LogP contribution in [0.25, 0.3) is 0 Å². The summed E-state index contributed by atoms with van der Waals surface area (Å²) in [6.07, 6.45) is 42.4. The summed E-state index contributed by atoms with van der Waals surface area (Å²) in [6.45, 7) is 3.85. The molecule has 0 saturated carbocycles. The van der Waals surface area contributed by atoms with Gasteiger partial charge < -0.3 is 34.3 Å². The first-order chi connectivity index (χ1) is 30.6. The molecule has 0 aromatic carbocycles. The Kier molecular flexibility index (Phi) is 38.5. The lowest BCUT2D eigenvalue weighted by molar-refractivity contribution is -0.301. The molecule has 0 radical (unpaired) electrons. The summed E-state index contributed by atoms with van der Waals surface area (Å²) in [5.41, 5.74) is 0. The van der Waals surface area contributed by atoms with Gasteiger partial charge in [0.25, 0.3) is 0 Å². The number of rotatable bonds is 42. The zero-order valence-electron chi connectivity index (χ0n) is 39.1. The van der Waals surface area contributed by atoms with Crippen LogP contribution in [0.3, 0.4) is 0 Å². The highest BCUT2D eigenvalue weighted by molar-refractivity contribution is 7.80. The van der Waals surface area contributed by atoms with Crippen LogP contribution in [0, 0.1) is 0 Å². The molecule has 12 nitrogen and oxygen atoms in total. The molecule has 0 aliphatic carbocycles. The first-order valence-electron chi connectivity index (χ1n) is 24.5. The van der Waals surface area contributed by atoms with Gasteiger partial charge in [0.05, 0.1) is 19.8 Å². The minimum absolute atomic E-state index is 0.0266. The quantitative estimate of drug-likeness (QED) is 0.0197. The van der Waals surface area contributed by atoms with Crippen molar-refractivity contribution in [3.05, 3.63) is 60.8 Å². The summed E-state index contributed by atoms with van der Waals surface area (Å²) in [5.74, 6) is -0.411. The number of carbonyl (C=O) groups excluding carboxylic acids is 1. The number of unbranched alkanes of at least 4 members (excludes halogenated alkanes) is 19. The van der Waals surface area contributed by atoms with E-state index < -0.39 is 59.8 Å². The van der Waals surface area contributed by atoms with E-state index in [0.717, 1.165) is 77.0 Å². The highest BCUT2D eigenvalue weighted by Crippen LogP contribution is 2.26. The molecule has 0 bridgehead atoms. The summed E-state index contributed by atoms with van der Waals surface area (Å²) in [5, 5.41) is 30.7. The summed E-state index contributed by atoms with van der Waals surface area (Å²) in [4.78, 5) is 12.9. The molecule has 6 unspecified atom stereocenters. The van der Waals surface area contributed by atoms with Crippen molar-refractivity contribution in [2.75, 3.05) is 26.4 Å². The minimum Gasteiger partial charge on any atom is -0.457 e. The van der Waals surface area contributed by atoms with Gasteiger partial charge in [-0.1, -0.05) is 164 Å². The Morgan fingerprint density at radius 2 is 1.10 bits per heavy atom. The Bertz CT molecular complexity index is 1330. The van der Waals surface area contributed by atoms with Gasteiger partial charge in [0.2, 0.25) is 0 Å². The average molecular weight is 913 g/mol. The summed E-state index contributed by atoms with van der Waals surface area (Å²) < 4.78 is 59.2. The topological polar surface area (TPSA) is 178 Å². The summed E-state index contributed by atoms with van der Waals surface area (Å²) in [7, 11) is -5.07.